The van der Waals surface area contributed by atoms with Gasteiger partial charge in [0.2, 0.25) is 6.29 Å². The summed E-state index contributed by atoms with van der Waals surface area (Å²) in [6.45, 7) is 8.47. The van der Waals surface area contributed by atoms with Crippen LogP contribution in [0.25, 0.3) is 0 Å². The average Bonchev–Trinajstić information content (AvgIpc) is 2.03. The maximum Gasteiger partial charge on any atom is 0.335 e. The van der Waals surface area contributed by atoms with Crippen molar-refractivity contribution in [1.29, 1.82) is 0 Å². The standard InChI is InChI=1S/C10H18O4/c1-5-6-9(11)13-8(4)14-10(12)7(2)3/h8-9,11H,2,5-6H2,1,3-4H3. The van der Waals surface area contributed by atoms with Gasteiger partial charge in [0.25, 0.3) is 0 Å². The number of carbonyl (C=O) groups is 1. The van der Waals surface area contributed by atoms with E-state index in [0.717, 1.165) is 6.42 Å². The number of rotatable bonds is 6. The summed E-state index contributed by atoms with van der Waals surface area (Å²) in [4.78, 5) is 11.0. The second-order valence-corrected chi connectivity index (χ2v) is 3.13. The maximum absolute atomic E-state index is 11.0. The Morgan fingerprint density at radius 1 is 1.57 bits per heavy atom. The van der Waals surface area contributed by atoms with Crippen LogP contribution in [-0.2, 0) is 14.3 Å². The first-order valence-electron chi connectivity index (χ1n) is 4.67. The molecule has 0 rings (SSSR count). The lowest BCUT2D eigenvalue weighted by atomic mass is 10.3. The van der Waals surface area contributed by atoms with E-state index in [2.05, 4.69) is 6.58 Å². The second kappa shape index (κ2) is 6.56. The monoisotopic (exact) mass is 202 g/mol. The van der Waals surface area contributed by atoms with Gasteiger partial charge in [0.1, 0.15) is 0 Å². The van der Waals surface area contributed by atoms with Gasteiger partial charge in [-0.2, -0.15) is 0 Å². The van der Waals surface area contributed by atoms with Crippen LogP contribution in [0.5, 0.6) is 0 Å². The summed E-state index contributed by atoms with van der Waals surface area (Å²) in [6, 6.07) is 0. The molecule has 1 N–H and O–H groups in total. The number of ether oxygens (including phenoxy) is 2. The van der Waals surface area contributed by atoms with Crippen molar-refractivity contribution in [2.24, 2.45) is 0 Å². The van der Waals surface area contributed by atoms with Gasteiger partial charge in [-0.15, -0.1) is 0 Å². The second-order valence-electron chi connectivity index (χ2n) is 3.13. The summed E-state index contributed by atoms with van der Waals surface area (Å²) in [6.07, 6.45) is -0.300. The minimum Gasteiger partial charge on any atom is -0.433 e. The van der Waals surface area contributed by atoms with E-state index in [1.807, 2.05) is 6.92 Å². The molecule has 0 spiro atoms. The molecule has 0 aromatic rings. The molecule has 82 valence electrons. The van der Waals surface area contributed by atoms with E-state index >= 15 is 0 Å². The molecular weight excluding hydrogens is 184 g/mol. The zero-order valence-electron chi connectivity index (χ0n) is 8.95. The minimum atomic E-state index is -0.882. The number of hydrogen-bond acceptors (Lipinski definition) is 4. The molecule has 0 aliphatic rings. The SMILES string of the molecule is C=C(C)C(=O)OC(C)OC(O)CCC. The molecule has 0 aliphatic carbocycles. The summed E-state index contributed by atoms with van der Waals surface area (Å²) in [5.41, 5.74) is 0.311. The Balaban J connectivity index is 3.80. The van der Waals surface area contributed by atoms with E-state index in [-0.39, 0.29) is 0 Å². The summed E-state index contributed by atoms with van der Waals surface area (Å²) in [5.74, 6) is -0.513. The van der Waals surface area contributed by atoms with Crippen LogP contribution >= 0.6 is 0 Å². The van der Waals surface area contributed by atoms with Crippen molar-refractivity contribution in [2.75, 3.05) is 0 Å². The van der Waals surface area contributed by atoms with Gasteiger partial charge in [-0.25, -0.2) is 4.79 Å². The lowest BCUT2D eigenvalue weighted by Crippen LogP contribution is -2.24. The van der Waals surface area contributed by atoms with Crippen LogP contribution in [0.15, 0.2) is 12.2 Å². The molecule has 0 aromatic heterocycles. The highest BCUT2D eigenvalue weighted by Gasteiger charge is 2.13. The first-order chi connectivity index (χ1) is 6.47. The topological polar surface area (TPSA) is 55.8 Å². The van der Waals surface area contributed by atoms with E-state index in [4.69, 9.17) is 9.47 Å². The fraction of sp³-hybridized carbons (Fsp3) is 0.700. The third kappa shape index (κ3) is 5.72. The molecule has 0 heterocycles. The Morgan fingerprint density at radius 3 is 2.57 bits per heavy atom. The van der Waals surface area contributed by atoms with Gasteiger partial charge in [-0.3, -0.25) is 0 Å². The van der Waals surface area contributed by atoms with E-state index < -0.39 is 18.5 Å². The predicted octanol–water partition coefficient (Wildman–Crippen LogP) is 1.59. The smallest absolute Gasteiger partial charge is 0.335 e. The minimum absolute atomic E-state index is 0.311. The molecule has 0 radical (unpaired) electrons. The molecule has 0 saturated heterocycles. The van der Waals surface area contributed by atoms with E-state index in [1.165, 1.54) is 0 Å². The first-order valence-corrected chi connectivity index (χ1v) is 4.67. The van der Waals surface area contributed by atoms with Crippen LogP contribution in [0, 0.1) is 0 Å². The van der Waals surface area contributed by atoms with Crippen LogP contribution in [0.3, 0.4) is 0 Å². The highest BCUT2D eigenvalue weighted by atomic mass is 16.7. The maximum atomic E-state index is 11.0. The van der Waals surface area contributed by atoms with Crippen molar-refractivity contribution in [3.05, 3.63) is 12.2 Å². The normalized spacial score (nSPS) is 14.6. The number of carbonyl (C=O) groups excluding carboxylic acids is 1. The van der Waals surface area contributed by atoms with Crippen LogP contribution in [0.4, 0.5) is 0 Å². The molecular formula is C10H18O4. The Hall–Kier alpha value is -0.870. The average molecular weight is 202 g/mol. The van der Waals surface area contributed by atoms with E-state index in [1.54, 1.807) is 13.8 Å². The highest BCUT2D eigenvalue weighted by Crippen LogP contribution is 2.05. The van der Waals surface area contributed by atoms with Gasteiger partial charge < -0.3 is 14.6 Å². The van der Waals surface area contributed by atoms with Crippen molar-refractivity contribution in [3.63, 3.8) is 0 Å². The Morgan fingerprint density at radius 2 is 2.14 bits per heavy atom. The molecule has 4 heteroatoms. The fourth-order valence-electron chi connectivity index (χ4n) is 0.815. The molecule has 2 atom stereocenters. The summed E-state index contributed by atoms with van der Waals surface area (Å²) < 4.78 is 9.79. The molecule has 0 aromatic carbocycles. The Bertz CT molecular complexity index is 200. The molecule has 0 amide bonds. The molecule has 4 nitrogen and oxygen atoms in total. The largest absolute Gasteiger partial charge is 0.433 e. The molecule has 14 heavy (non-hydrogen) atoms. The number of esters is 1. The number of hydrogen-bond donors (Lipinski definition) is 1. The summed E-state index contributed by atoms with van der Waals surface area (Å²) >= 11 is 0. The van der Waals surface area contributed by atoms with Gasteiger partial charge in [-0.1, -0.05) is 19.9 Å². The zero-order chi connectivity index (χ0) is 11.1. The Kier molecular flexibility index (Phi) is 6.16. The van der Waals surface area contributed by atoms with Crippen LogP contribution in [-0.4, -0.2) is 23.7 Å². The number of aliphatic hydroxyl groups excluding tert-OH is 1. The first kappa shape index (κ1) is 13.1. The van der Waals surface area contributed by atoms with Crippen molar-refractivity contribution < 1.29 is 19.4 Å². The van der Waals surface area contributed by atoms with Crippen LogP contribution in [0.2, 0.25) is 0 Å². The van der Waals surface area contributed by atoms with Gasteiger partial charge in [0.15, 0.2) is 6.29 Å². The van der Waals surface area contributed by atoms with Crippen LogP contribution in [0.1, 0.15) is 33.6 Å². The third-order valence-corrected chi connectivity index (χ3v) is 1.51. The third-order valence-electron chi connectivity index (χ3n) is 1.51. The van der Waals surface area contributed by atoms with Gasteiger partial charge in [0.05, 0.1) is 0 Å². The van der Waals surface area contributed by atoms with Gasteiger partial charge in [0, 0.05) is 5.57 Å². The Labute approximate surface area is 84.5 Å². The van der Waals surface area contributed by atoms with Crippen LogP contribution < -0.4 is 0 Å². The molecule has 0 saturated carbocycles. The predicted molar refractivity (Wildman–Crippen MR) is 52.4 cm³/mol. The molecule has 0 aliphatic heterocycles. The fourth-order valence-corrected chi connectivity index (χ4v) is 0.815. The van der Waals surface area contributed by atoms with Crippen molar-refractivity contribution in [3.8, 4) is 0 Å². The molecule has 2 unspecified atom stereocenters. The summed E-state index contributed by atoms with van der Waals surface area (Å²) in [7, 11) is 0. The quantitative estimate of drug-likeness (QED) is 0.403. The van der Waals surface area contributed by atoms with Crippen molar-refractivity contribution in [1.82, 2.24) is 0 Å². The van der Waals surface area contributed by atoms with Crippen molar-refractivity contribution in [2.45, 2.75) is 46.2 Å². The lowest BCUT2D eigenvalue weighted by Gasteiger charge is -2.17. The van der Waals surface area contributed by atoms with Gasteiger partial charge >= 0.3 is 5.97 Å². The van der Waals surface area contributed by atoms with Crippen molar-refractivity contribution >= 4 is 5.97 Å². The zero-order valence-corrected chi connectivity index (χ0v) is 8.95. The van der Waals surface area contributed by atoms with E-state index in [9.17, 15) is 9.90 Å². The summed E-state index contributed by atoms with van der Waals surface area (Å²) in [5, 5.41) is 9.24. The molecule has 0 bridgehead atoms. The number of aliphatic hydroxyl groups is 1. The molecule has 0 fully saturated rings. The lowest BCUT2D eigenvalue weighted by molar-refractivity contribution is -0.219. The van der Waals surface area contributed by atoms with Gasteiger partial charge in [-0.05, 0) is 20.3 Å². The highest BCUT2D eigenvalue weighted by molar-refractivity contribution is 5.86. The van der Waals surface area contributed by atoms with E-state index in [0.29, 0.717) is 12.0 Å².